The maximum absolute atomic E-state index is 12.7. The van der Waals surface area contributed by atoms with Crippen molar-refractivity contribution in [3.63, 3.8) is 0 Å². The molecule has 5 heteroatoms. The van der Waals surface area contributed by atoms with Crippen LogP contribution < -0.4 is 4.74 Å². The molecule has 0 atom stereocenters. The highest BCUT2D eigenvalue weighted by atomic mass is 35.5. The van der Waals surface area contributed by atoms with Gasteiger partial charge in [-0.2, -0.15) is 0 Å². The van der Waals surface area contributed by atoms with Gasteiger partial charge in [0.25, 0.3) is 0 Å². The molecular formula is C12H10Cl2FNO. The van der Waals surface area contributed by atoms with Crippen LogP contribution in [0.1, 0.15) is 5.69 Å². The summed E-state index contributed by atoms with van der Waals surface area (Å²) < 4.78 is 18.2. The number of aromatic nitrogens is 1. The number of benzene rings is 1. The van der Waals surface area contributed by atoms with E-state index >= 15 is 0 Å². The topological polar surface area (TPSA) is 22.1 Å². The molecule has 2 nitrogen and oxygen atoms in total. The average molecular weight is 274 g/mol. The minimum absolute atomic E-state index is 0. The third-order valence-corrected chi connectivity index (χ3v) is 2.25. The zero-order valence-corrected chi connectivity index (χ0v) is 10.3. The summed E-state index contributed by atoms with van der Waals surface area (Å²) in [5.74, 6) is 1.26. The fourth-order valence-corrected chi connectivity index (χ4v) is 1.38. The quantitative estimate of drug-likeness (QED) is 0.783. The number of pyridine rings is 1. The lowest BCUT2D eigenvalue weighted by atomic mass is 10.3. The number of halogens is 3. The van der Waals surface area contributed by atoms with E-state index in [1.807, 2.05) is 0 Å². The largest absolute Gasteiger partial charge is 0.457 e. The van der Waals surface area contributed by atoms with E-state index in [0.717, 1.165) is 5.69 Å². The molecule has 1 aromatic carbocycles. The van der Waals surface area contributed by atoms with E-state index in [9.17, 15) is 4.39 Å². The van der Waals surface area contributed by atoms with Gasteiger partial charge in [0, 0.05) is 12.3 Å². The molecule has 0 unspecified atom stereocenters. The molecule has 2 rings (SSSR count). The van der Waals surface area contributed by atoms with Crippen LogP contribution in [0.25, 0.3) is 0 Å². The van der Waals surface area contributed by atoms with Crippen molar-refractivity contribution in [2.75, 3.05) is 0 Å². The summed E-state index contributed by atoms with van der Waals surface area (Å²) in [5, 5.41) is 0. The van der Waals surface area contributed by atoms with Crippen LogP contribution in [0.2, 0.25) is 0 Å². The maximum atomic E-state index is 12.7. The van der Waals surface area contributed by atoms with Gasteiger partial charge in [0.15, 0.2) is 0 Å². The molecule has 0 saturated carbocycles. The van der Waals surface area contributed by atoms with Gasteiger partial charge in [-0.05, 0) is 30.3 Å². The van der Waals surface area contributed by atoms with Gasteiger partial charge in [0.2, 0.25) is 0 Å². The Hall–Kier alpha value is -1.32. The Kier molecular flexibility index (Phi) is 5.19. The predicted octanol–water partition coefficient (Wildman–Crippen LogP) is 4.17. The van der Waals surface area contributed by atoms with Crippen molar-refractivity contribution in [3.05, 3.63) is 54.1 Å². The van der Waals surface area contributed by atoms with Crippen molar-refractivity contribution >= 4 is 24.0 Å². The van der Waals surface area contributed by atoms with Crippen LogP contribution in [0.15, 0.2) is 42.6 Å². The second-order valence-corrected chi connectivity index (χ2v) is 3.44. The number of hydrogen-bond acceptors (Lipinski definition) is 2. The molecule has 1 aromatic heterocycles. The van der Waals surface area contributed by atoms with Gasteiger partial charge in [-0.25, -0.2) is 4.39 Å². The second-order valence-electron chi connectivity index (χ2n) is 3.17. The van der Waals surface area contributed by atoms with Gasteiger partial charge in [-0.1, -0.05) is 0 Å². The van der Waals surface area contributed by atoms with Crippen LogP contribution in [-0.4, -0.2) is 4.98 Å². The van der Waals surface area contributed by atoms with Crippen LogP contribution in [0.4, 0.5) is 4.39 Å². The van der Waals surface area contributed by atoms with Gasteiger partial charge in [-0.3, -0.25) is 4.98 Å². The first-order valence-electron chi connectivity index (χ1n) is 4.72. The summed E-state index contributed by atoms with van der Waals surface area (Å²) in [6.07, 6.45) is 1.62. The lowest BCUT2D eigenvalue weighted by Gasteiger charge is -2.05. The zero-order chi connectivity index (χ0) is 11.4. The first kappa shape index (κ1) is 13.7. The average Bonchev–Trinajstić information content (AvgIpc) is 2.32. The van der Waals surface area contributed by atoms with Crippen molar-refractivity contribution < 1.29 is 9.13 Å². The zero-order valence-electron chi connectivity index (χ0n) is 8.77. The second kappa shape index (κ2) is 6.42. The van der Waals surface area contributed by atoms with Crippen molar-refractivity contribution in [1.29, 1.82) is 0 Å². The Morgan fingerprint density at radius 3 is 2.47 bits per heavy atom. The Bertz CT molecular complexity index is 476. The van der Waals surface area contributed by atoms with Crippen LogP contribution >= 0.6 is 24.0 Å². The van der Waals surface area contributed by atoms with Crippen LogP contribution in [0, 0.1) is 5.82 Å². The summed E-state index contributed by atoms with van der Waals surface area (Å²) in [5.41, 5.74) is 0.737. The van der Waals surface area contributed by atoms with E-state index in [1.54, 1.807) is 30.5 Å². The van der Waals surface area contributed by atoms with Crippen LogP contribution in [0.3, 0.4) is 0 Å². The molecule has 0 saturated heterocycles. The van der Waals surface area contributed by atoms with Crippen molar-refractivity contribution in [1.82, 2.24) is 4.98 Å². The Morgan fingerprint density at radius 1 is 1.12 bits per heavy atom. The maximum Gasteiger partial charge on any atom is 0.130 e. The molecule has 2 aromatic rings. The van der Waals surface area contributed by atoms with E-state index in [-0.39, 0.29) is 18.2 Å². The Labute approximate surface area is 110 Å². The molecule has 0 radical (unpaired) electrons. The van der Waals surface area contributed by atoms with Gasteiger partial charge >= 0.3 is 0 Å². The molecule has 17 heavy (non-hydrogen) atoms. The number of alkyl halides is 1. The number of rotatable bonds is 3. The van der Waals surface area contributed by atoms with E-state index in [0.29, 0.717) is 17.4 Å². The highest BCUT2D eigenvalue weighted by molar-refractivity contribution is 6.16. The van der Waals surface area contributed by atoms with Gasteiger partial charge < -0.3 is 4.74 Å². The summed E-state index contributed by atoms with van der Waals surface area (Å²) >= 11 is 5.66. The third kappa shape index (κ3) is 3.88. The molecule has 0 bridgehead atoms. The van der Waals surface area contributed by atoms with Gasteiger partial charge in [0.05, 0.1) is 11.6 Å². The van der Waals surface area contributed by atoms with E-state index < -0.39 is 0 Å². The minimum atomic E-state index is -0.288. The fraction of sp³-hybridized carbons (Fsp3) is 0.0833. The standard InChI is InChI=1S/C12H9ClFNO.ClH/c13-8-10-7-12(5-6-15-10)16-11-3-1-9(14)2-4-11;/h1-7H,8H2;1H. The van der Waals surface area contributed by atoms with Gasteiger partial charge in [0.1, 0.15) is 17.3 Å². The fourth-order valence-electron chi connectivity index (χ4n) is 1.23. The van der Waals surface area contributed by atoms with Crippen LogP contribution in [0.5, 0.6) is 11.5 Å². The predicted molar refractivity (Wildman–Crippen MR) is 67.5 cm³/mol. The highest BCUT2D eigenvalue weighted by Crippen LogP contribution is 2.21. The lowest BCUT2D eigenvalue weighted by Crippen LogP contribution is -1.88. The molecular weight excluding hydrogens is 264 g/mol. The molecule has 0 fully saturated rings. The number of ether oxygens (including phenoxy) is 1. The molecule has 0 aliphatic carbocycles. The highest BCUT2D eigenvalue weighted by Gasteiger charge is 1.99. The molecule has 0 aliphatic heterocycles. The molecule has 1 heterocycles. The third-order valence-electron chi connectivity index (χ3n) is 1.97. The number of nitrogens with zero attached hydrogens (tertiary/aromatic N) is 1. The number of hydrogen-bond donors (Lipinski definition) is 0. The summed E-state index contributed by atoms with van der Waals surface area (Å²) in [6, 6.07) is 9.29. The molecule has 0 amide bonds. The smallest absolute Gasteiger partial charge is 0.130 e. The van der Waals surface area contributed by atoms with Crippen molar-refractivity contribution in [2.45, 2.75) is 5.88 Å². The minimum Gasteiger partial charge on any atom is -0.457 e. The Balaban J connectivity index is 0.00000144. The van der Waals surface area contributed by atoms with E-state index in [1.165, 1.54) is 12.1 Å². The monoisotopic (exact) mass is 273 g/mol. The van der Waals surface area contributed by atoms with Crippen LogP contribution in [-0.2, 0) is 5.88 Å². The molecule has 0 spiro atoms. The summed E-state index contributed by atoms with van der Waals surface area (Å²) in [4.78, 5) is 4.04. The SMILES string of the molecule is Cl.Fc1ccc(Oc2ccnc(CCl)c2)cc1. The first-order valence-corrected chi connectivity index (χ1v) is 5.26. The van der Waals surface area contributed by atoms with E-state index in [4.69, 9.17) is 16.3 Å². The molecule has 90 valence electrons. The molecule has 0 N–H and O–H groups in total. The Morgan fingerprint density at radius 2 is 1.82 bits per heavy atom. The normalized spacial score (nSPS) is 9.53. The molecule has 0 aliphatic rings. The van der Waals surface area contributed by atoms with Crippen molar-refractivity contribution in [2.24, 2.45) is 0 Å². The first-order chi connectivity index (χ1) is 7.78. The van der Waals surface area contributed by atoms with Crippen molar-refractivity contribution in [3.8, 4) is 11.5 Å². The lowest BCUT2D eigenvalue weighted by molar-refractivity contribution is 0.479. The summed E-state index contributed by atoms with van der Waals surface area (Å²) in [6.45, 7) is 0. The van der Waals surface area contributed by atoms with Gasteiger partial charge in [-0.15, -0.1) is 24.0 Å². The summed E-state index contributed by atoms with van der Waals surface area (Å²) in [7, 11) is 0. The van der Waals surface area contributed by atoms with E-state index in [2.05, 4.69) is 4.98 Å².